The summed E-state index contributed by atoms with van der Waals surface area (Å²) in [5.41, 5.74) is 0. The Hall–Kier alpha value is -1.10. The van der Waals surface area contributed by atoms with E-state index in [1.54, 1.807) is 7.11 Å². The third kappa shape index (κ3) is 6.94. The Labute approximate surface area is 103 Å². The molecule has 17 heavy (non-hydrogen) atoms. The fraction of sp³-hybridized carbons (Fsp3) is 0.833. The smallest absolute Gasteiger partial charge is 0.323 e. The van der Waals surface area contributed by atoms with Crippen molar-refractivity contribution in [2.24, 2.45) is 0 Å². The molecular formula is C12H23NO4. The Kier molecular flexibility index (Phi) is 8.40. The maximum atomic E-state index is 11.9. The first-order valence-electron chi connectivity index (χ1n) is 6.03. The number of hydrogen-bond acceptors (Lipinski definition) is 3. The van der Waals surface area contributed by atoms with Crippen LogP contribution in [0.15, 0.2) is 0 Å². The van der Waals surface area contributed by atoms with Gasteiger partial charge in [0.15, 0.2) is 0 Å². The van der Waals surface area contributed by atoms with Crippen LogP contribution in [0.25, 0.3) is 0 Å². The van der Waals surface area contributed by atoms with Crippen LogP contribution >= 0.6 is 0 Å². The molecule has 0 aliphatic rings. The van der Waals surface area contributed by atoms with Crippen LogP contribution in [-0.4, -0.2) is 48.2 Å². The largest absolute Gasteiger partial charge is 0.480 e. The van der Waals surface area contributed by atoms with Crippen LogP contribution in [0.2, 0.25) is 0 Å². The predicted molar refractivity (Wildman–Crippen MR) is 64.8 cm³/mol. The van der Waals surface area contributed by atoms with E-state index < -0.39 is 5.97 Å². The van der Waals surface area contributed by atoms with Gasteiger partial charge in [-0.15, -0.1) is 0 Å². The van der Waals surface area contributed by atoms with Crippen LogP contribution < -0.4 is 0 Å². The normalized spacial score (nSPS) is 12.2. The molecule has 5 heteroatoms. The number of carboxylic acid groups (broad SMARTS) is 1. The molecular weight excluding hydrogens is 222 g/mol. The summed E-state index contributed by atoms with van der Waals surface area (Å²) in [6.07, 6.45) is 2.71. The average Bonchev–Trinajstić information content (AvgIpc) is 2.30. The summed E-state index contributed by atoms with van der Waals surface area (Å²) < 4.78 is 4.90. The molecule has 0 fully saturated rings. The molecule has 0 radical (unpaired) electrons. The van der Waals surface area contributed by atoms with Crippen LogP contribution in [0, 0.1) is 0 Å². The second-order valence-electron chi connectivity index (χ2n) is 4.12. The lowest BCUT2D eigenvalue weighted by atomic mass is 10.1. The third-order valence-corrected chi connectivity index (χ3v) is 2.74. The zero-order chi connectivity index (χ0) is 13.3. The van der Waals surface area contributed by atoms with Crippen molar-refractivity contribution in [2.45, 2.75) is 45.6 Å². The molecule has 0 bridgehead atoms. The lowest BCUT2D eigenvalue weighted by Crippen LogP contribution is -2.41. The number of methoxy groups -OCH3 is 1. The molecule has 5 nitrogen and oxygen atoms in total. The molecule has 1 unspecified atom stereocenters. The summed E-state index contributed by atoms with van der Waals surface area (Å²) in [6, 6.07) is -0.0268. The van der Waals surface area contributed by atoms with Gasteiger partial charge < -0.3 is 14.7 Å². The Morgan fingerprint density at radius 1 is 1.35 bits per heavy atom. The molecule has 1 amide bonds. The van der Waals surface area contributed by atoms with E-state index >= 15 is 0 Å². The molecule has 0 aliphatic carbocycles. The van der Waals surface area contributed by atoms with E-state index in [0.29, 0.717) is 13.0 Å². The highest BCUT2D eigenvalue weighted by Gasteiger charge is 2.20. The molecule has 0 spiro atoms. The van der Waals surface area contributed by atoms with Gasteiger partial charge in [0, 0.05) is 26.2 Å². The van der Waals surface area contributed by atoms with Gasteiger partial charge in [0.2, 0.25) is 5.91 Å². The highest BCUT2D eigenvalue weighted by atomic mass is 16.5. The van der Waals surface area contributed by atoms with Crippen LogP contribution in [0.1, 0.15) is 39.5 Å². The number of carboxylic acids is 1. The molecule has 0 heterocycles. The van der Waals surface area contributed by atoms with Crippen LogP contribution in [0.4, 0.5) is 0 Å². The van der Waals surface area contributed by atoms with Gasteiger partial charge >= 0.3 is 5.97 Å². The lowest BCUT2D eigenvalue weighted by molar-refractivity contribution is -0.146. The van der Waals surface area contributed by atoms with Crippen LogP contribution in [0.3, 0.4) is 0 Å². The van der Waals surface area contributed by atoms with Crippen LogP contribution in [-0.2, 0) is 14.3 Å². The van der Waals surface area contributed by atoms with Crippen molar-refractivity contribution in [2.75, 3.05) is 20.3 Å². The minimum atomic E-state index is -0.962. The van der Waals surface area contributed by atoms with Gasteiger partial charge in [-0.25, -0.2) is 0 Å². The number of aliphatic carboxylic acids is 1. The maximum absolute atomic E-state index is 11.9. The van der Waals surface area contributed by atoms with Gasteiger partial charge in [-0.3, -0.25) is 9.59 Å². The molecule has 100 valence electrons. The second-order valence-corrected chi connectivity index (χ2v) is 4.12. The van der Waals surface area contributed by atoms with Crippen molar-refractivity contribution < 1.29 is 19.4 Å². The van der Waals surface area contributed by atoms with Gasteiger partial charge in [0.1, 0.15) is 6.54 Å². The number of unbranched alkanes of at least 4 members (excludes halogenated alkanes) is 1. The van der Waals surface area contributed by atoms with Crippen molar-refractivity contribution in [1.82, 2.24) is 4.90 Å². The number of rotatable bonds is 9. The van der Waals surface area contributed by atoms with E-state index in [2.05, 4.69) is 0 Å². The van der Waals surface area contributed by atoms with Crippen molar-refractivity contribution in [3.8, 4) is 0 Å². The number of nitrogens with zero attached hydrogens (tertiary/aromatic N) is 1. The van der Waals surface area contributed by atoms with Crippen LogP contribution in [0.5, 0.6) is 0 Å². The predicted octanol–water partition coefficient (Wildman–Crippen LogP) is 1.51. The standard InChI is InChI=1S/C12H23NO4/c1-4-10(2)13(9-12(15)16)11(14)7-5-6-8-17-3/h10H,4-9H2,1-3H3,(H,15,16). The average molecular weight is 245 g/mol. The summed E-state index contributed by atoms with van der Waals surface area (Å²) in [6.45, 7) is 4.24. The highest BCUT2D eigenvalue weighted by molar-refractivity contribution is 5.81. The Morgan fingerprint density at radius 3 is 2.47 bits per heavy atom. The summed E-state index contributed by atoms with van der Waals surface area (Å²) in [5.74, 6) is -1.05. The number of hydrogen-bond donors (Lipinski definition) is 1. The highest BCUT2D eigenvalue weighted by Crippen LogP contribution is 2.08. The van der Waals surface area contributed by atoms with Crippen molar-refractivity contribution >= 4 is 11.9 Å². The molecule has 0 aliphatic heterocycles. The quantitative estimate of drug-likeness (QED) is 0.625. The van der Waals surface area contributed by atoms with E-state index in [1.165, 1.54) is 4.90 Å². The van der Waals surface area contributed by atoms with E-state index in [4.69, 9.17) is 9.84 Å². The molecule has 1 atom stereocenters. The Balaban J connectivity index is 4.18. The first-order valence-corrected chi connectivity index (χ1v) is 6.03. The maximum Gasteiger partial charge on any atom is 0.323 e. The molecule has 0 aromatic carbocycles. The van der Waals surface area contributed by atoms with Gasteiger partial charge in [-0.05, 0) is 26.2 Å². The summed E-state index contributed by atoms with van der Waals surface area (Å²) in [5, 5.41) is 8.77. The van der Waals surface area contributed by atoms with Crippen molar-refractivity contribution in [3.63, 3.8) is 0 Å². The number of carbonyl (C=O) groups is 2. The summed E-state index contributed by atoms with van der Waals surface area (Å²) in [7, 11) is 1.62. The van der Waals surface area contributed by atoms with Gasteiger partial charge in [0.25, 0.3) is 0 Å². The molecule has 0 aromatic rings. The zero-order valence-corrected chi connectivity index (χ0v) is 10.9. The zero-order valence-electron chi connectivity index (χ0n) is 10.9. The summed E-state index contributed by atoms with van der Waals surface area (Å²) >= 11 is 0. The minimum absolute atomic E-state index is 0.0268. The first-order chi connectivity index (χ1) is 8.02. The fourth-order valence-electron chi connectivity index (χ4n) is 1.52. The third-order valence-electron chi connectivity index (χ3n) is 2.74. The Bertz CT molecular complexity index is 243. The van der Waals surface area contributed by atoms with Gasteiger partial charge in [-0.1, -0.05) is 6.92 Å². The fourth-order valence-corrected chi connectivity index (χ4v) is 1.52. The topological polar surface area (TPSA) is 66.8 Å². The van der Waals surface area contributed by atoms with E-state index in [-0.39, 0.29) is 18.5 Å². The second kappa shape index (κ2) is 8.98. The number of ether oxygens (including phenoxy) is 1. The van der Waals surface area contributed by atoms with E-state index in [9.17, 15) is 9.59 Å². The molecule has 0 rings (SSSR count). The first kappa shape index (κ1) is 15.9. The van der Waals surface area contributed by atoms with Crippen molar-refractivity contribution in [3.05, 3.63) is 0 Å². The molecule has 0 aromatic heterocycles. The molecule has 1 N–H and O–H groups in total. The lowest BCUT2D eigenvalue weighted by Gasteiger charge is -2.27. The number of carbonyl (C=O) groups excluding carboxylic acids is 1. The monoisotopic (exact) mass is 245 g/mol. The van der Waals surface area contributed by atoms with E-state index in [1.807, 2.05) is 13.8 Å². The molecule has 0 saturated heterocycles. The Morgan fingerprint density at radius 2 is 2.00 bits per heavy atom. The summed E-state index contributed by atoms with van der Waals surface area (Å²) in [4.78, 5) is 24.0. The van der Waals surface area contributed by atoms with Gasteiger partial charge in [0.05, 0.1) is 0 Å². The van der Waals surface area contributed by atoms with Crippen molar-refractivity contribution in [1.29, 1.82) is 0 Å². The SMILES string of the molecule is CCC(C)N(CC(=O)O)C(=O)CCCCOC. The van der Waals surface area contributed by atoms with E-state index in [0.717, 1.165) is 19.3 Å². The van der Waals surface area contributed by atoms with Gasteiger partial charge in [-0.2, -0.15) is 0 Å². The number of amides is 1. The minimum Gasteiger partial charge on any atom is -0.480 e. The molecule has 0 saturated carbocycles.